The Morgan fingerprint density at radius 1 is 1.07 bits per heavy atom. The molecule has 0 radical (unpaired) electrons. The van der Waals surface area contributed by atoms with Crippen molar-refractivity contribution in [3.05, 3.63) is 29.8 Å². The average molecular weight is 390 g/mol. The van der Waals surface area contributed by atoms with Gasteiger partial charge >= 0.3 is 6.03 Å². The molecule has 3 N–H and O–H groups in total. The van der Waals surface area contributed by atoms with Gasteiger partial charge in [-0.3, -0.25) is 19.3 Å². The van der Waals surface area contributed by atoms with Gasteiger partial charge in [0.1, 0.15) is 17.8 Å². The molecule has 9 nitrogen and oxygen atoms in total. The maximum Gasteiger partial charge on any atom is 0.325 e. The Labute approximate surface area is 163 Å². The molecule has 1 fully saturated rings. The molecule has 1 aromatic rings. The molecular weight excluding hydrogens is 364 g/mol. The molecule has 1 aliphatic rings. The molecule has 5 amide bonds. The number of carbonyl (C=O) groups excluding carboxylic acids is 4. The lowest BCUT2D eigenvalue weighted by Crippen LogP contribution is -2.47. The van der Waals surface area contributed by atoms with E-state index in [4.69, 9.17) is 4.74 Å². The van der Waals surface area contributed by atoms with E-state index < -0.39 is 29.9 Å². The Balaban J connectivity index is 1.78. The van der Waals surface area contributed by atoms with Crippen molar-refractivity contribution >= 4 is 23.8 Å². The van der Waals surface area contributed by atoms with Gasteiger partial charge in [-0.15, -0.1) is 0 Å². The minimum Gasteiger partial charge on any atom is -0.497 e. The summed E-state index contributed by atoms with van der Waals surface area (Å²) in [5, 5.41) is 7.76. The SMILES string of the molecule is CCC1(CC)NC(=O)N(CC(=O)NCC(=O)NCc2ccc(OC)cc2)C1=O. The van der Waals surface area contributed by atoms with E-state index in [0.29, 0.717) is 19.4 Å². The highest BCUT2D eigenvalue weighted by atomic mass is 16.5. The van der Waals surface area contributed by atoms with Crippen molar-refractivity contribution < 1.29 is 23.9 Å². The fraction of sp³-hybridized carbons (Fsp3) is 0.474. The molecule has 0 aliphatic carbocycles. The number of imide groups is 1. The van der Waals surface area contributed by atoms with Crippen LogP contribution < -0.4 is 20.7 Å². The summed E-state index contributed by atoms with van der Waals surface area (Å²) in [4.78, 5) is 49.3. The molecule has 0 atom stereocenters. The first kappa shape index (κ1) is 21.2. The molecule has 9 heteroatoms. The summed E-state index contributed by atoms with van der Waals surface area (Å²) in [6, 6.07) is 6.63. The van der Waals surface area contributed by atoms with E-state index in [1.807, 2.05) is 12.1 Å². The molecule has 1 aliphatic heterocycles. The predicted octanol–water partition coefficient (Wildman–Crippen LogP) is 0.538. The Morgan fingerprint density at radius 2 is 1.71 bits per heavy atom. The van der Waals surface area contributed by atoms with Crippen LogP contribution in [0.2, 0.25) is 0 Å². The van der Waals surface area contributed by atoms with Crippen molar-refractivity contribution in [3.63, 3.8) is 0 Å². The first-order chi connectivity index (χ1) is 13.3. The Bertz CT molecular complexity index is 743. The molecule has 1 aromatic carbocycles. The van der Waals surface area contributed by atoms with Gasteiger partial charge in [0.15, 0.2) is 0 Å². The van der Waals surface area contributed by atoms with Gasteiger partial charge in [-0.05, 0) is 30.5 Å². The van der Waals surface area contributed by atoms with Gasteiger partial charge in [-0.25, -0.2) is 4.79 Å². The van der Waals surface area contributed by atoms with E-state index >= 15 is 0 Å². The van der Waals surface area contributed by atoms with Crippen LogP contribution in [0.3, 0.4) is 0 Å². The third kappa shape index (κ3) is 4.79. The lowest BCUT2D eigenvalue weighted by molar-refractivity contribution is -0.135. The number of rotatable bonds is 9. The van der Waals surface area contributed by atoms with Gasteiger partial charge in [0.2, 0.25) is 11.8 Å². The monoisotopic (exact) mass is 390 g/mol. The Hall–Kier alpha value is -3.10. The molecule has 2 rings (SSSR count). The number of hydrogen-bond acceptors (Lipinski definition) is 5. The number of hydrogen-bond donors (Lipinski definition) is 3. The van der Waals surface area contributed by atoms with Gasteiger partial charge in [-0.1, -0.05) is 26.0 Å². The van der Waals surface area contributed by atoms with Crippen LogP contribution in [0.25, 0.3) is 0 Å². The molecule has 28 heavy (non-hydrogen) atoms. The van der Waals surface area contributed by atoms with E-state index in [1.165, 1.54) is 0 Å². The second kappa shape index (κ2) is 9.20. The minimum absolute atomic E-state index is 0.245. The molecule has 152 valence electrons. The largest absolute Gasteiger partial charge is 0.497 e. The molecular formula is C19H26N4O5. The number of methoxy groups -OCH3 is 1. The number of benzene rings is 1. The van der Waals surface area contributed by atoms with Crippen LogP contribution >= 0.6 is 0 Å². The topological polar surface area (TPSA) is 117 Å². The van der Waals surface area contributed by atoms with Crippen LogP contribution in [0.1, 0.15) is 32.3 Å². The van der Waals surface area contributed by atoms with Crippen LogP contribution in [0.5, 0.6) is 5.75 Å². The lowest BCUT2D eigenvalue weighted by Gasteiger charge is -2.22. The number of ether oxygens (including phenoxy) is 1. The first-order valence-electron chi connectivity index (χ1n) is 9.15. The molecule has 1 heterocycles. The summed E-state index contributed by atoms with van der Waals surface area (Å²) < 4.78 is 5.07. The number of urea groups is 1. The second-order valence-corrected chi connectivity index (χ2v) is 6.51. The highest BCUT2D eigenvalue weighted by Crippen LogP contribution is 2.24. The lowest BCUT2D eigenvalue weighted by atomic mass is 9.93. The standard InChI is InChI=1S/C19H26N4O5/c1-4-19(5-2)17(26)23(18(27)22-19)12-16(25)21-11-15(24)20-10-13-6-8-14(28-3)9-7-13/h6-9H,4-5,10-12H2,1-3H3,(H,20,24)(H,21,25)(H,22,27). The van der Waals surface area contributed by atoms with Crippen molar-refractivity contribution in [2.24, 2.45) is 0 Å². The van der Waals surface area contributed by atoms with E-state index in [9.17, 15) is 19.2 Å². The molecule has 0 spiro atoms. The predicted molar refractivity (Wildman–Crippen MR) is 101 cm³/mol. The smallest absolute Gasteiger partial charge is 0.325 e. The normalized spacial score (nSPS) is 15.2. The second-order valence-electron chi connectivity index (χ2n) is 6.51. The van der Waals surface area contributed by atoms with Gasteiger partial charge < -0.3 is 20.7 Å². The highest BCUT2D eigenvalue weighted by Gasteiger charge is 2.49. The van der Waals surface area contributed by atoms with E-state index in [0.717, 1.165) is 16.2 Å². The van der Waals surface area contributed by atoms with Crippen LogP contribution in [-0.2, 0) is 20.9 Å². The summed E-state index contributed by atoms with van der Waals surface area (Å²) in [7, 11) is 1.57. The van der Waals surface area contributed by atoms with Crippen molar-refractivity contribution in [1.29, 1.82) is 0 Å². The zero-order valence-electron chi connectivity index (χ0n) is 16.3. The molecule has 0 bridgehead atoms. The van der Waals surface area contributed by atoms with Crippen LogP contribution in [0.4, 0.5) is 4.79 Å². The van der Waals surface area contributed by atoms with Crippen LogP contribution in [0, 0.1) is 0 Å². The zero-order valence-corrected chi connectivity index (χ0v) is 16.3. The molecule has 0 aromatic heterocycles. The van der Waals surface area contributed by atoms with Crippen molar-refractivity contribution in [1.82, 2.24) is 20.9 Å². The van der Waals surface area contributed by atoms with Crippen molar-refractivity contribution in [3.8, 4) is 5.75 Å². The van der Waals surface area contributed by atoms with Gasteiger partial charge in [0, 0.05) is 6.54 Å². The first-order valence-corrected chi connectivity index (χ1v) is 9.15. The van der Waals surface area contributed by atoms with Crippen LogP contribution in [-0.4, -0.2) is 54.4 Å². The highest BCUT2D eigenvalue weighted by molar-refractivity contribution is 6.09. The van der Waals surface area contributed by atoms with Gasteiger partial charge in [0.25, 0.3) is 5.91 Å². The maximum absolute atomic E-state index is 12.5. The number of nitrogens with one attached hydrogen (secondary N) is 3. The summed E-state index contributed by atoms with van der Waals surface area (Å²) in [5.74, 6) is -0.649. The van der Waals surface area contributed by atoms with Crippen molar-refractivity contribution in [2.45, 2.75) is 38.8 Å². The summed E-state index contributed by atoms with van der Waals surface area (Å²) in [6.07, 6.45) is 0.889. The number of carbonyl (C=O) groups is 4. The fourth-order valence-corrected chi connectivity index (χ4v) is 2.93. The van der Waals surface area contributed by atoms with E-state index in [-0.39, 0.29) is 12.5 Å². The van der Waals surface area contributed by atoms with Gasteiger partial charge in [0.05, 0.1) is 13.7 Å². The number of amides is 5. The summed E-state index contributed by atoms with van der Waals surface area (Å²) in [6.45, 7) is 3.25. The van der Waals surface area contributed by atoms with Gasteiger partial charge in [-0.2, -0.15) is 0 Å². The molecule has 0 unspecified atom stereocenters. The summed E-state index contributed by atoms with van der Waals surface area (Å²) in [5.41, 5.74) is -0.0668. The number of nitrogens with zero attached hydrogens (tertiary/aromatic N) is 1. The quantitative estimate of drug-likeness (QED) is 0.532. The third-order valence-corrected chi connectivity index (χ3v) is 4.85. The molecule has 1 saturated heterocycles. The molecule has 0 saturated carbocycles. The average Bonchev–Trinajstić information content (AvgIpc) is 2.95. The Kier molecular flexibility index (Phi) is 6.97. The van der Waals surface area contributed by atoms with Crippen molar-refractivity contribution in [2.75, 3.05) is 20.2 Å². The zero-order chi connectivity index (χ0) is 20.7. The fourth-order valence-electron chi connectivity index (χ4n) is 2.93. The van der Waals surface area contributed by atoms with E-state index in [1.54, 1.807) is 33.1 Å². The minimum atomic E-state index is -0.951. The van der Waals surface area contributed by atoms with Crippen LogP contribution in [0.15, 0.2) is 24.3 Å². The maximum atomic E-state index is 12.5. The third-order valence-electron chi connectivity index (χ3n) is 4.85. The summed E-state index contributed by atoms with van der Waals surface area (Å²) >= 11 is 0. The van der Waals surface area contributed by atoms with E-state index in [2.05, 4.69) is 16.0 Å². The Morgan fingerprint density at radius 3 is 2.25 bits per heavy atom.